The van der Waals surface area contributed by atoms with Crippen LogP contribution in [0.2, 0.25) is 0 Å². The molecular formula is C21H15N9O3. The molecule has 4 rings (SSSR count). The Kier molecular flexibility index (Phi) is 5.35. The summed E-state index contributed by atoms with van der Waals surface area (Å²) in [6.45, 7) is 0. The molecule has 162 valence electrons. The second kappa shape index (κ2) is 8.44. The van der Waals surface area contributed by atoms with E-state index in [4.69, 9.17) is 11.5 Å². The molecule has 33 heavy (non-hydrogen) atoms. The van der Waals surface area contributed by atoms with Crippen LogP contribution in [0.1, 0.15) is 15.9 Å². The minimum absolute atomic E-state index is 0.0652. The highest BCUT2D eigenvalue weighted by Crippen LogP contribution is 2.40. The van der Waals surface area contributed by atoms with Crippen molar-refractivity contribution < 1.29 is 14.7 Å². The normalized spacial score (nSPS) is 10.9. The summed E-state index contributed by atoms with van der Waals surface area (Å²) in [7, 11) is 0. The van der Waals surface area contributed by atoms with Crippen molar-refractivity contribution in [1.29, 1.82) is 5.26 Å². The number of urea groups is 1. The third-order valence-corrected chi connectivity index (χ3v) is 4.59. The number of anilines is 1. The summed E-state index contributed by atoms with van der Waals surface area (Å²) < 4.78 is 1.31. The molecule has 0 aliphatic rings. The maximum atomic E-state index is 11.9. The Morgan fingerprint density at radius 3 is 2.64 bits per heavy atom. The van der Waals surface area contributed by atoms with Gasteiger partial charge in [-0.3, -0.25) is 4.79 Å². The molecule has 2 heterocycles. The molecule has 0 aliphatic carbocycles. The SMILES string of the molecule is N#Cc1cnn(-c2ccccn2)c1/N=N/c1c(O)c(C(N)=O)cc2cc(NC(N)=O)ccc12. The van der Waals surface area contributed by atoms with E-state index in [0.717, 1.165) is 0 Å². The number of amides is 3. The van der Waals surface area contributed by atoms with Crippen molar-refractivity contribution in [2.24, 2.45) is 21.7 Å². The Bertz CT molecular complexity index is 1470. The Hall–Kier alpha value is -5.31. The lowest BCUT2D eigenvalue weighted by atomic mass is 10.0. The number of primary amides is 2. The predicted octanol–water partition coefficient (Wildman–Crippen LogP) is 3.00. The van der Waals surface area contributed by atoms with E-state index < -0.39 is 17.7 Å². The second-order valence-electron chi connectivity index (χ2n) is 6.70. The van der Waals surface area contributed by atoms with Crippen molar-refractivity contribution in [2.75, 3.05) is 5.32 Å². The van der Waals surface area contributed by atoms with Crippen LogP contribution in [0.15, 0.2) is 65.1 Å². The highest BCUT2D eigenvalue weighted by molar-refractivity contribution is 6.07. The number of phenols is 1. The van der Waals surface area contributed by atoms with Gasteiger partial charge in [0.05, 0.1) is 11.8 Å². The van der Waals surface area contributed by atoms with Crippen molar-refractivity contribution in [3.8, 4) is 17.6 Å². The summed E-state index contributed by atoms with van der Waals surface area (Å²) in [6, 6.07) is 12.3. The van der Waals surface area contributed by atoms with Gasteiger partial charge in [0.1, 0.15) is 17.3 Å². The number of benzene rings is 2. The number of nitriles is 1. The first-order valence-corrected chi connectivity index (χ1v) is 9.36. The van der Waals surface area contributed by atoms with E-state index in [-0.39, 0.29) is 22.6 Å². The summed E-state index contributed by atoms with van der Waals surface area (Å²) >= 11 is 0. The molecule has 0 spiro atoms. The van der Waals surface area contributed by atoms with Crippen molar-refractivity contribution in [1.82, 2.24) is 14.8 Å². The number of rotatable bonds is 5. The summed E-state index contributed by atoms with van der Waals surface area (Å²) in [5, 5.41) is 35.7. The highest BCUT2D eigenvalue weighted by Gasteiger charge is 2.18. The first-order chi connectivity index (χ1) is 15.9. The molecule has 0 unspecified atom stereocenters. The van der Waals surface area contributed by atoms with Crippen LogP contribution in [0.4, 0.5) is 22.0 Å². The standard InChI is InChI=1S/C21H15N9O3/c22-9-12-10-26-30(16-3-1-2-6-25-16)20(12)29-28-17-14-5-4-13(27-21(24)33)7-11(14)8-15(18(17)31)19(23)32/h1-8,10,31H,(H2,23,32)(H3,24,27,33)/b29-28+. The minimum atomic E-state index is -0.893. The van der Waals surface area contributed by atoms with Gasteiger partial charge in [0.2, 0.25) is 0 Å². The van der Waals surface area contributed by atoms with Gasteiger partial charge in [0, 0.05) is 17.3 Å². The summed E-state index contributed by atoms with van der Waals surface area (Å²) in [5.74, 6) is -0.914. The minimum Gasteiger partial charge on any atom is -0.505 e. The van der Waals surface area contributed by atoms with E-state index in [2.05, 4.69) is 25.6 Å². The summed E-state index contributed by atoms with van der Waals surface area (Å²) in [5.41, 5.74) is 10.8. The maximum absolute atomic E-state index is 11.9. The molecule has 0 bridgehead atoms. The molecule has 0 fully saturated rings. The van der Waals surface area contributed by atoms with Crippen LogP contribution in [0.5, 0.6) is 5.75 Å². The number of nitrogens with zero attached hydrogens (tertiary/aromatic N) is 6. The second-order valence-corrected chi connectivity index (χ2v) is 6.70. The Labute approximate surface area is 185 Å². The van der Waals surface area contributed by atoms with Gasteiger partial charge in [-0.2, -0.15) is 15.0 Å². The van der Waals surface area contributed by atoms with E-state index in [1.807, 2.05) is 6.07 Å². The molecule has 3 amide bonds. The van der Waals surface area contributed by atoms with Crippen molar-refractivity contribution in [3.63, 3.8) is 0 Å². The van der Waals surface area contributed by atoms with Crippen LogP contribution in [-0.2, 0) is 0 Å². The monoisotopic (exact) mass is 441 g/mol. The van der Waals surface area contributed by atoms with Crippen LogP contribution in [-0.4, -0.2) is 31.8 Å². The number of azo groups is 1. The lowest BCUT2D eigenvalue weighted by molar-refractivity contribution is 0.0998. The highest BCUT2D eigenvalue weighted by atomic mass is 16.3. The van der Waals surface area contributed by atoms with Gasteiger partial charge in [-0.15, -0.1) is 10.2 Å². The number of aromatic nitrogens is 3. The zero-order chi connectivity index (χ0) is 23.5. The quantitative estimate of drug-likeness (QED) is 0.343. The molecule has 2 aromatic carbocycles. The number of hydrogen-bond donors (Lipinski definition) is 4. The number of carbonyl (C=O) groups excluding carboxylic acids is 2. The van der Waals surface area contributed by atoms with Gasteiger partial charge in [-0.25, -0.2) is 9.78 Å². The lowest BCUT2D eigenvalue weighted by Crippen LogP contribution is -2.19. The molecule has 0 atom stereocenters. The average Bonchev–Trinajstić information content (AvgIpc) is 3.21. The molecule has 0 aliphatic heterocycles. The largest absolute Gasteiger partial charge is 0.505 e. The Morgan fingerprint density at radius 1 is 1.15 bits per heavy atom. The summed E-state index contributed by atoms with van der Waals surface area (Å²) in [4.78, 5) is 27.2. The predicted molar refractivity (Wildman–Crippen MR) is 118 cm³/mol. The van der Waals surface area contributed by atoms with Crippen LogP contribution in [0.25, 0.3) is 16.6 Å². The van der Waals surface area contributed by atoms with Crippen LogP contribution < -0.4 is 16.8 Å². The van der Waals surface area contributed by atoms with E-state index in [9.17, 15) is 20.0 Å². The van der Waals surface area contributed by atoms with Crippen LogP contribution >= 0.6 is 0 Å². The molecule has 0 radical (unpaired) electrons. The first-order valence-electron chi connectivity index (χ1n) is 9.36. The Balaban J connectivity index is 1.90. The van der Waals surface area contributed by atoms with Gasteiger partial charge >= 0.3 is 6.03 Å². The van der Waals surface area contributed by atoms with Crippen LogP contribution in [0.3, 0.4) is 0 Å². The number of aromatic hydroxyl groups is 1. The van der Waals surface area contributed by atoms with E-state index in [0.29, 0.717) is 22.3 Å². The van der Waals surface area contributed by atoms with Crippen molar-refractivity contribution >= 4 is 39.9 Å². The molecular weight excluding hydrogens is 426 g/mol. The van der Waals surface area contributed by atoms with Crippen LogP contribution in [0, 0.1) is 11.3 Å². The van der Waals surface area contributed by atoms with Gasteiger partial charge < -0.3 is 21.9 Å². The zero-order valence-corrected chi connectivity index (χ0v) is 16.8. The molecule has 2 aromatic heterocycles. The Morgan fingerprint density at radius 2 is 1.97 bits per heavy atom. The zero-order valence-electron chi connectivity index (χ0n) is 16.8. The summed E-state index contributed by atoms with van der Waals surface area (Å²) in [6.07, 6.45) is 2.86. The van der Waals surface area contributed by atoms with Gasteiger partial charge in [-0.1, -0.05) is 6.07 Å². The third kappa shape index (κ3) is 4.01. The van der Waals surface area contributed by atoms with Crippen molar-refractivity contribution in [3.05, 3.63) is 66.0 Å². The number of nitrogens with one attached hydrogen (secondary N) is 1. The smallest absolute Gasteiger partial charge is 0.316 e. The molecule has 4 aromatic rings. The molecule has 12 nitrogen and oxygen atoms in total. The van der Waals surface area contributed by atoms with Gasteiger partial charge in [-0.05, 0) is 41.8 Å². The maximum Gasteiger partial charge on any atom is 0.316 e. The van der Waals surface area contributed by atoms with E-state index in [1.54, 1.807) is 30.5 Å². The van der Waals surface area contributed by atoms with E-state index in [1.165, 1.54) is 29.1 Å². The molecule has 6 N–H and O–H groups in total. The van der Waals surface area contributed by atoms with Gasteiger partial charge in [0.15, 0.2) is 17.4 Å². The lowest BCUT2D eigenvalue weighted by Gasteiger charge is -2.10. The van der Waals surface area contributed by atoms with Gasteiger partial charge in [0.25, 0.3) is 5.91 Å². The topological polar surface area (TPSA) is 198 Å². The molecule has 0 saturated heterocycles. The fraction of sp³-hybridized carbons (Fsp3) is 0. The number of hydrogen-bond acceptors (Lipinski definition) is 8. The average molecular weight is 441 g/mol. The van der Waals surface area contributed by atoms with Crippen molar-refractivity contribution in [2.45, 2.75) is 0 Å². The van der Waals surface area contributed by atoms with E-state index >= 15 is 0 Å². The molecule has 12 heteroatoms. The number of fused-ring (bicyclic) bond motifs is 1. The molecule has 0 saturated carbocycles. The first kappa shape index (κ1) is 20.9. The number of pyridine rings is 1. The fourth-order valence-corrected chi connectivity index (χ4v) is 3.15. The number of carbonyl (C=O) groups is 2. The fourth-order valence-electron chi connectivity index (χ4n) is 3.15. The third-order valence-electron chi connectivity index (χ3n) is 4.59. The number of nitrogens with two attached hydrogens (primary N) is 2.